The number of hydrogen-bond donors (Lipinski definition) is 0. The molecule has 0 aliphatic carbocycles. The first-order valence-corrected chi connectivity index (χ1v) is 17.9. The van der Waals surface area contributed by atoms with Gasteiger partial charge in [0.15, 0.2) is 0 Å². The van der Waals surface area contributed by atoms with Crippen LogP contribution in [0.15, 0.2) is 72.9 Å². The van der Waals surface area contributed by atoms with Crippen LogP contribution in [0.4, 0.5) is 5.69 Å². The number of fused-ring (bicyclic) bond motifs is 3. The van der Waals surface area contributed by atoms with Gasteiger partial charge < -0.3 is 14.2 Å². The molecule has 7 rings (SSSR count). The minimum atomic E-state index is 0. The van der Waals surface area contributed by atoms with E-state index in [1.165, 1.54) is 44.8 Å². The molecule has 0 unspecified atom stereocenters. The summed E-state index contributed by atoms with van der Waals surface area (Å²) in [5.41, 5.74) is 15.3. The predicted molar refractivity (Wildman–Crippen MR) is 212 cm³/mol. The molecule has 3 aromatic heterocycles. The Morgan fingerprint density at radius 3 is 2.06 bits per heavy atom. The van der Waals surface area contributed by atoms with E-state index in [0.29, 0.717) is 11.5 Å². The van der Waals surface area contributed by atoms with E-state index in [9.17, 15) is 0 Å². The number of aryl methyl sites for hydroxylation is 1. The van der Waals surface area contributed by atoms with E-state index in [2.05, 4.69) is 145 Å². The second-order valence-electron chi connectivity index (χ2n) is 14.6. The number of nitrogens with zero attached hydrogens (tertiary/aromatic N) is 5. The molecule has 6 nitrogen and oxygen atoms in total. The SMILES string of the molecule is Cc1ccnc(-n2c3[c-]c(Oc4[c-]c(-n5nc(C(C)C)c(-c6c(C)c(C)c(N(C)C)c(C)c6C)c5C(C)C)ccc4)ccc3c3ccccc32)c1.[Pd+2]. The summed E-state index contributed by atoms with van der Waals surface area (Å²) in [6.07, 6.45) is 1.85. The minimum Gasteiger partial charge on any atom is -0.509 e. The summed E-state index contributed by atoms with van der Waals surface area (Å²) in [4.78, 5) is 6.96. The number of benzene rings is 4. The maximum atomic E-state index is 6.54. The summed E-state index contributed by atoms with van der Waals surface area (Å²) in [5.74, 6) is 2.50. The van der Waals surface area contributed by atoms with Crippen LogP contribution in [0, 0.1) is 46.8 Å². The molecule has 268 valence electrons. The molecule has 0 fully saturated rings. The number of hydrogen-bond acceptors (Lipinski definition) is 4. The maximum absolute atomic E-state index is 6.54. The largest absolute Gasteiger partial charge is 2.00 e. The van der Waals surface area contributed by atoms with Gasteiger partial charge in [-0.05, 0) is 109 Å². The first-order chi connectivity index (χ1) is 24.4. The zero-order valence-electron chi connectivity index (χ0n) is 32.0. The third-order valence-corrected chi connectivity index (χ3v) is 10.2. The van der Waals surface area contributed by atoms with Crippen molar-refractivity contribution in [2.45, 2.75) is 74.1 Å². The molecule has 0 spiro atoms. The molecule has 0 aliphatic heterocycles. The van der Waals surface area contributed by atoms with Crippen molar-refractivity contribution in [2.24, 2.45) is 0 Å². The van der Waals surface area contributed by atoms with Gasteiger partial charge in [-0.3, -0.25) is 4.68 Å². The Labute approximate surface area is 322 Å². The van der Waals surface area contributed by atoms with Crippen molar-refractivity contribution in [2.75, 3.05) is 19.0 Å². The van der Waals surface area contributed by atoms with Crippen molar-refractivity contribution in [1.29, 1.82) is 0 Å². The fraction of sp³-hybridized carbons (Fsp3) is 0.289. The van der Waals surface area contributed by atoms with Gasteiger partial charge >= 0.3 is 20.4 Å². The molecule has 3 heterocycles. The number of anilines is 1. The maximum Gasteiger partial charge on any atom is 2.00 e. The first-order valence-electron chi connectivity index (χ1n) is 17.9. The quantitative estimate of drug-likeness (QED) is 0.114. The number of para-hydroxylation sites is 1. The summed E-state index contributed by atoms with van der Waals surface area (Å²) in [6, 6.07) is 29.8. The van der Waals surface area contributed by atoms with Gasteiger partial charge in [0.2, 0.25) is 0 Å². The van der Waals surface area contributed by atoms with Crippen LogP contribution in [0.1, 0.15) is 78.7 Å². The Balaban J connectivity index is 0.00000464. The molecule has 0 amide bonds. The second kappa shape index (κ2) is 14.4. The normalized spacial score (nSPS) is 11.6. The number of rotatable bonds is 8. The molecular formula is C45H47N5OPd. The van der Waals surface area contributed by atoms with Gasteiger partial charge in [0, 0.05) is 48.6 Å². The van der Waals surface area contributed by atoms with E-state index >= 15 is 0 Å². The summed E-state index contributed by atoms with van der Waals surface area (Å²) < 4.78 is 10.8. The van der Waals surface area contributed by atoms with Crippen LogP contribution in [0.3, 0.4) is 0 Å². The third kappa shape index (κ3) is 6.25. The average Bonchev–Trinajstić information content (AvgIpc) is 3.64. The summed E-state index contributed by atoms with van der Waals surface area (Å²) in [5, 5.41) is 7.59. The molecular weight excluding hydrogens is 733 g/mol. The van der Waals surface area contributed by atoms with Gasteiger partial charge in [0.05, 0.1) is 11.4 Å². The van der Waals surface area contributed by atoms with Crippen LogP contribution >= 0.6 is 0 Å². The molecule has 0 saturated heterocycles. The third-order valence-electron chi connectivity index (χ3n) is 10.2. The van der Waals surface area contributed by atoms with Crippen molar-refractivity contribution in [3.8, 4) is 34.1 Å². The monoisotopic (exact) mass is 779 g/mol. The Bertz CT molecular complexity index is 2420. The Kier molecular flexibility index (Phi) is 10.2. The molecule has 52 heavy (non-hydrogen) atoms. The predicted octanol–water partition coefficient (Wildman–Crippen LogP) is 11.3. The van der Waals surface area contributed by atoms with Gasteiger partial charge in [-0.1, -0.05) is 51.4 Å². The van der Waals surface area contributed by atoms with Crippen LogP contribution in [0.2, 0.25) is 0 Å². The number of pyridine rings is 1. The summed E-state index contributed by atoms with van der Waals surface area (Å²) >= 11 is 0. The number of ether oxygens (including phenoxy) is 1. The zero-order chi connectivity index (χ0) is 36.3. The fourth-order valence-corrected chi connectivity index (χ4v) is 7.72. The molecule has 0 aliphatic rings. The molecule has 0 radical (unpaired) electrons. The van der Waals surface area contributed by atoms with Crippen LogP contribution in [-0.2, 0) is 20.4 Å². The van der Waals surface area contributed by atoms with Gasteiger partial charge in [0.25, 0.3) is 0 Å². The second-order valence-corrected chi connectivity index (χ2v) is 14.6. The first kappa shape index (κ1) is 37.1. The standard InChI is InChI=1S/C45H47N5O.Pd/c1-26(2)43-42(41-29(6)31(8)45(48(10)11)32(9)30(41)7)44(27(3)4)50(47-43)33-15-14-16-34(24-33)51-35-19-20-37-36-17-12-13-18-38(36)49(39(37)25-35)40-23-28(5)21-22-46-40;/h12-23,26-27H,1-11H3;/q-2;+2. The van der Waals surface area contributed by atoms with Gasteiger partial charge in [-0.15, -0.1) is 35.7 Å². The molecule has 7 aromatic rings. The van der Waals surface area contributed by atoms with Crippen LogP contribution in [-0.4, -0.2) is 33.4 Å². The smallest absolute Gasteiger partial charge is 0.509 e. The molecule has 7 heteroatoms. The van der Waals surface area contributed by atoms with Crippen molar-refractivity contribution in [3.05, 3.63) is 124 Å². The molecule has 4 aromatic carbocycles. The van der Waals surface area contributed by atoms with E-state index < -0.39 is 0 Å². The number of aromatic nitrogens is 4. The summed E-state index contributed by atoms with van der Waals surface area (Å²) in [6.45, 7) is 20.1. The van der Waals surface area contributed by atoms with E-state index in [4.69, 9.17) is 14.8 Å². The van der Waals surface area contributed by atoms with Crippen molar-refractivity contribution < 1.29 is 25.2 Å². The van der Waals surface area contributed by atoms with Gasteiger partial charge in [-0.2, -0.15) is 17.2 Å². The Morgan fingerprint density at radius 1 is 0.712 bits per heavy atom. The van der Waals surface area contributed by atoms with Crippen LogP contribution in [0.25, 0.3) is 44.4 Å². The van der Waals surface area contributed by atoms with Crippen molar-refractivity contribution >= 4 is 27.5 Å². The van der Waals surface area contributed by atoms with Crippen LogP contribution < -0.4 is 9.64 Å². The van der Waals surface area contributed by atoms with Gasteiger partial charge in [0.1, 0.15) is 5.82 Å². The minimum absolute atomic E-state index is 0. The zero-order valence-corrected chi connectivity index (χ0v) is 33.6. The van der Waals surface area contributed by atoms with Crippen molar-refractivity contribution in [1.82, 2.24) is 19.3 Å². The molecule has 0 bridgehead atoms. The molecule has 0 saturated carbocycles. The molecule has 0 atom stereocenters. The fourth-order valence-electron chi connectivity index (χ4n) is 7.72. The van der Waals surface area contributed by atoms with Crippen molar-refractivity contribution in [3.63, 3.8) is 0 Å². The van der Waals surface area contributed by atoms with E-state index in [-0.39, 0.29) is 32.3 Å². The van der Waals surface area contributed by atoms with E-state index in [1.54, 1.807) is 0 Å². The van der Waals surface area contributed by atoms with E-state index in [1.807, 2.05) is 30.5 Å². The Morgan fingerprint density at radius 2 is 1.40 bits per heavy atom. The Hall–Kier alpha value is -4.70. The average molecular weight is 780 g/mol. The van der Waals surface area contributed by atoms with Crippen LogP contribution in [0.5, 0.6) is 11.5 Å². The topological polar surface area (TPSA) is 48.1 Å². The van der Waals surface area contributed by atoms with Gasteiger partial charge in [-0.25, -0.2) is 4.98 Å². The van der Waals surface area contributed by atoms with E-state index in [0.717, 1.165) is 44.6 Å². The summed E-state index contributed by atoms with van der Waals surface area (Å²) in [7, 11) is 4.26. The molecule has 0 N–H and O–H groups in total.